The summed E-state index contributed by atoms with van der Waals surface area (Å²) in [5, 5.41) is 5.62. The molecular weight excluding hydrogens is 406 g/mol. The predicted octanol–water partition coefficient (Wildman–Crippen LogP) is 5.01. The fraction of sp³-hybridized carbons (Fsp3) is 0.240. The quantitative estimate of drug-likeness (QED) is 0.467. The number of benzene rings is 2. The molecule has 158 valence electrons. The van der Waals surface area contributed by atoms with Crippen LogP contribution in [-0.2, 0) is 11.3 Å². The predicted molar refractivity (Wildman–Crippen MR) is 126 cm³/mol. The van der Waals surface area contributed by atoms with Crippen molar-refractivity contribution in [2.45, 2.75) is 39.8 Å². The van der Waals surface area contributed by atoms with E-state index in [0.717, 1.165) is 27.1 Å². The smallest absolute Gasteiger partial charge is 0.262 e. The number of aromatic nitrogens is 2. The zero-order valence-electron chi connectivity index (χ0n) is 17.9. The largest absolute Gasteiger partial charge is 0.350 e. The molecule has 4 rings (SSSR count). The second kappa shape index (κ2) is 8.86. The summed E-state index contributed by atoms with van der Waals surface area (Å²) in [7, 11) is 0. The maximum Gasteiger partial charge on any atom is 0.262 e. The average molecular weight is 432 g/mol. The van der Waals surface area contributed by atoms with E-state index in [1.807, 2.05) is 74.7 Å². The summed E-state index contributed by atoms with van der Waals surface area (Å²) < 4.78 is 1.53. The number of nitrogens with one attached hydrogen (secondary N) is 1. The van der Waals surface area contributed by atoms with Gasteiger partial charge in [-0.05, 0) is 37.5 Å². The number of carbonyl (C=O) groups is 1. The minimum Gasteiger partial charge on any atom is -0.350 e. The highest BCUT2D eigenvalue weighted by molar-refractivity contribution is 7.17. The summed E-state index contributed by atoms with van der Waals surface area (Å²) in [5.41, 5.74) is 5.19. The van der Waals surface area contributed by atoms with Gasteiger partial charge in [-0.15, -0.1) is 11.3 Å². The van der Waals surface area contributed by atoms with Crippen molar-refractivity contribution < 1.29 is 4.79 Å². The molecule has 0 radical (unpaired) electrons. The molecule has 6 heteroatoms. The van der Waals surface area contributed by atoms with Crippen LogP contribution >= 0.6 is 11.3 Å². The molecule has 0 saturated heterocycles. The lowest BCUT2D eigenvalue weighted by Crippen LogP contribution is -2.29. The summed E-state index contributed by atoms with van der Waals surface area (Å²) >= 11 is 1.46. The molecule has 5 nitrogen and oxygen atoms in total. The Bertz CT molecular complexity index is 1290. The van der Waals surface area contributed by atoms with E-state index in [2.05, 4.69) is 10.3 Å². The van der Waals surface area contributed by atoms with Crippen molar-refractivity contribution in [2.24, 2.45) is 0 Å². The molecule has 0 saturated carbocycles. The van der Waals surface area contributed by atoms with Crippen LogP contribution in [-0.4, -0.2) is 15.5 Å². The van der Waals surface area contributed by atoms with Gasteiger partial charge in [0.1, 0.15) is 4.83 Å². The number of hydrogen-bond donors (Lipinski definition) is 1. The second-order valence-electron chi connectivity index (χ2n) is 7.83. The monoisotopic (exact) mass is 431 g/mol. The zero-order valence-corrected chi connectivity index (χ0v) is 18.7. The molecule has 0 unspecified atom stereocenters. The zero-order chi connectivity index (χ0) is 22.0. The van der Waals surface area contributed by atoms with Gasteiger partial charge in [0.25, 0.3) is 5.56 Å². The first kappa shape index (κ1) is 21.0. The number of nitrogens with zero attached hydrogens (tertiary/aromatic N) is 2. The van der Waals surface area contributed by atoms with E-state index in [9.17, 15) is 9.59 Å². The Hall–Kier alpha value is -3.25. The molecule has 0 aliphatic rings. The van der Waals surface area contributed by atoms with Crippen LogP contribution in [0.5, 0.6) is 0 Å². The fourth-order valence-electron chi connectivity index (χ4n) is 3.76. The second-order valence-corrected chi connectivity index (χ2v) is 8.69. The molecule has 2 aromatic heterocycles. The van der Waals surface area contributed by atoms with E-state index in [4.69, 9.17) is 0 Å². The van der Waals surface area contributed by atoms with Gasteiger partial charge in [0, 0.05) is 23.9 Å². The molecule has 1 amide bonds. The van der Waals surface area contributed by atoms with E-state index >= 15 is 0 Å². The van der Waals surface area contributed by atoms with E-state index in [0.29, 0.717) is 5.39 Å². The first-order valence-corrected chi connectivity index (χ1v) is 11.2. The first-order chi connectivity index (χ1) is 14.9. The van der Waals surface area contributed by atoms with Crippen LogP contribution in [0.25, 0.3) is 21.3 Å². The minimum atomic E-state index is -0.110. The Kier molecular flexibility index (Phi) is 6.00. The van der Waals surface area contributed by atoms with Crippen molar-refractivity contribution in [1.29, 1.82) is 0 Å². The van der Waals surface area contributed by atoms with Crippen LogP contribution in [0, 0.1) is 13.8 Å². The average Bonchev–Trinajstić information content (AvgIpc) is 3.19. The van der Waals surface area contributed by atoms with Crippen LogP contribution in [0.1, 0.15) is 36.1 Å². The molecule has 0 aliphatic carbocycles. The van der Waals surface area contributed by atoms with Gasteiger partial charge >= 0.3 is 0 Å². The molecular formula is C25H25N3O2S. The molecule has 4 aromatic rings. The number of aryl methyl sites for hydroxylation is 3. The number of hydrogen-bond acceptors (Lipinski definition) is 4. The van der Waals surface area contributed by atoms with Crippen molar-refractivity contribution >= 4 is 27.5 Å². The SMILES string of the molecule is Cc1ccc(-c2csc3ncn(CCC(=O)N[C@H](C)c4ccccc4C)c(=O)c23)cc1. The lowest BCUT2D eigenvalue weighted by Gasteiger charge is -2.16. The van der Waals surface area contributed by atoms with Crippen molar-refractivity contribution in [3.05, 3.63) is 87.3 Å². The van der Waals surface area contributed by atoms with Gasteiger partial charge in [-0.2, -0.15) is 0 Å². The van der Waals surface area contributed by atoms with E-state index < -0.39 is 0 Å². The molecule has 0 spiro atoms. The lowest BCUT2D eigenvalue weighted by molar-refractivity contribution is -0.121. The number of rotatable bonds is 6. The van der Waals surface area contributed by atoms with E-state index in [-0.39, 0.29) is 30.5 Å². The van der Waals surface area contributed by atoms with Gasteiger partial charge in [0.2, 0.25) is 5.91 Å². The van der Waals surface area contributed by atoms with Gasteiger partial charge in [0.05, 0.1) is 17.8 Å². The third-order valence-corrected chi connectivity index (χ3v) is 6.42. The fourth-order valence-corrected chi connectivity index (χ4v) is 4.66. The molecule has 0 aliphatic heterocycles. The molecule has 31 heavy (non-hydrogen) atoms. The first-order valence-electron chi connectivity index (χ1n) is 10.3. The van der Waals surface area contributed by atoms with Crippen molar-refractivity contribution in [2.75, 3.05) is 0 Å². The molecule has 1 N–H and O–H groups in total. The highest BCUT2D eigenvalue weighted by Gasteiger charge is 2.15. The maximum atomic E-state index is 13.1. The Morgan fingerprint density at radius 1 is 1.13 bits per heavy atom. The molecule has 0 bridgehead atoms. The third kappa shape index (κ3) is 4.44. The lowest BCUT2D eigenvalue weighted by atomic mass is 10.0. The number of carbonyl (C=O) groups excluding carboxylic acids is 1. The van der Waals surface area contributed by atoms with Crippen LogP contribution in [0.2, 0.25) is 0 Å². The molecule has 0 fully saturated rings. The topological polar surface area (TPSA) is 64.0 Å². The summed E-state index contributed by atoms with van der Waals surface area (Å²) in [6.07, 6.45) is 1.76. The highest BCUT2D eigenvalue weighted by atomic mass is 32.1. The summed E-state index contributed by atoms with van der Waals surface area (Å²) in [6, 6.07) is 16.0. The van der Waals surface area contributed by atoms with Crippen molar-refractivity contribution in [3.8, 4) is 11.1 Å². The Morgan fingerprint density at radius 2 is 1.87 bits per heavy atom. The van der Waals surface area contributed by atoms with Crippen LogP contribution in [0.15, 0.2) is 65.0 Å². The third-order valence-electron chi connectivity index (χ3n) is 5.54. The Balaban J connectivity index is 1.51. The minimum absolute atomic E-state index is 0.0870. The van der Waals surface area contributed by atoms with Crippen LogP contribution < -0.4 is 10.9 Å². The number of thiophene rings is 1. The normalized spacial score (nSPS) is 12.1. The highest BCUT2D eigenvalue weighted by Crippen LogP contribution is 2.30. The van der Waals surface area contributed by atoms with Gasteiger partial charge in [-0.1, -0.05) is 54.1 Å². The van der Waals surface area contributed by atoms with E-state index in [1.165, 1.54) is 27.8 Å². The molecule has 2 heterocycles. The van der Waals surface area contributed by atoms with Gasteiger partial charge in [-0.3, -0.25) is 14.2 Å². The van der Waals surface area contributed by atoms with Crippen molar-refractivity contribution in [3.63, 3.8) is 0 Å². The van der Waals surface area contributed by atoms with E-state index in [1.54, 1.807) is 0 Å². The number of amides is 1. The standard InChI is InChI=1S/C25H25N3O2S/c1-16-8-10-19(11-9-16)21-14-31-24-23(21)25(30)28(15-26-24)13-12-22(29)27-18(3)20-7-5-4-6-17(20)2/h4-11,14-15,18H,12-13H2,1-3H3,(H,27,29)/t18-/m1/s1. The van der Waals surface area contributed by atoms with Gasteiger partial charge in [0.15, 0.2) is 0 Å². The van der Waals surface area contributed by atoms with Gasteiger partial charge in [-0.25, -0.2) is 4.98 Å². The van der Waals surface area contributed by atoms with Gasteiger partial charge < -0.3 is 5.32 Å². The Morgan fingerprint density at radius 3 is 2.61 bits per heavy atom. The maximum absolute atomic E-state index is 13.1. The molecule has 2 aromatic carbocycles. The van der Waals surface area contributed by atoms with Crippen LogP contribution in [0.4, 0.5) is 0 Å². The summed E-state index contributed by atoms with van der Waals surface area (Å²) in [5.74, 6) is -0.0909. The Labute approximate surface area is 185 Å². The van der Waals surface area contributed by atoms with Crippen LogP contribution in [0.3, 0.4) is 0 Å². The summed E-state index contributed by atoms with van der Waals surface area (Å²) in [6.45, 7) is 6.33. The molecule has 1 atom stereocenters. The summed E-state index contributed by atoms with van der Waals surface area (Å²) in [4.78, 5) is 30.8. The number of fused-ring (bicyclic) bond motifs is 1. The van der Waals surface area contributed by atoms with Crippen molar-refractivity contribution in [1.82, 2.24) is 14.9 Å².